The summed E-state index contributed by atoms with van der Waals surface area (Å²) in [5.74, 6) is 0.659. The van der Waals surface area contributed by atoms with Crippen LogP contribution in [-0.2, 0) is 12.8 Å². The molecule has 3 aromatic rings. The van der Waals surface area contributed by atoms with E-state index in [4.69, 9.17) is 38.2 Å². The zero-order valence-electron chi connectivity index (χ0n) is 22.4. The van der Waals surface area contributed by atoms with Gasteiger partial charge in [0.1, 0.15) is 5.75 Å². The first-order valence-electron chi connectivity index (χ1n) is 13.7. The van der Waals surface area contributed by atoms with Crippen LogP contribution < -0.4 is 15.8 Å². The van der Waals surface area contributed by atoms with Gasteiger partial charge in [-0.25, -0.2) is 4.79 Å². The van der Waals surface area contributed by atoms with Crippen LogP contribution in [0.1, 0.15) is 66.2 Å². The van der Waals surface area contributed by atoms with Crippen LogP contribution in [-0.4, -0.2) is 59.1 Å². The molecule has 1 aliphatic heterocycles. The number of rotatable bonds is 13. The number of aromatic nitrogens is 2. The molecular formula is C29H35Cl2N5O4. The van der Waals surface area contributed by atoms with Crippen LogP contribution in [0.5, 0.6) is 5.75 Å². The van der Waals surface area contributed by atoms with E-state index < -0.39 is 6.04 Å². The third-order valence-electron chi connectivity index (χ3n) is 6.82. The van der Waals surface area contributed by atoms with E-state index in [9.17, 15) is 9.59 Å². The number of hydrogen-bond acceptors (Lipinski definition) is 7. The quantitative estimate of drug-likeness (QED) is 0.201. The van der Waals surface area contributed by atoms with Crippen molar-refractivity contribution in [3.63, 3.8) is 0 Å². The van der Waals surface area contributed by atoms with Gasteiger partial charge in [0.25, 0.3) is 0 Å². The molecule has 214 valence electrons. The molecule has 9 nitrogen and oxygen atoms in total. The summed E-state index contributed by atoms with van der Waals surface area (Å²) in [7, 11) is 0. The van der Waals surface area contributed by atoms with Gasteiger partial charge in [0.05, 0.1) is 29.1 Å². The normalized spacial score (nSPS) is 14.1. The minimum Gasteiger partial charge on any atom is -0.493 e. The summed E-state index contributed by atoms with van der Waals surface area (Å²) in [6.45, 7) is 2.41. The number of carbonyl (C=O) groups is 2. The van der Waals surface area contributed by atoms with Gasteiger partial charge in [-0.1, -0.05) is 46.6 Å². The fourth-order valence-corrected chi connectivity index (χ4v) is 4.86. The fraction of sp³-hybridized carbons (Fsp3) is 0.448. The number of carbonyl (C=O) groups excluding carboxylic acids is 2. The Morgan fingerprint density at radius 1 is 1.02 bits per heavy atom. The number of nitrogens with one attached hydrogen (secondary N) is 1. The average molecular weight is 589 g/mol. The highest BCUT2D eigenvalue weighted by atomic mass is 35.5. The second kappa shape index (κ2) is 15.0. The maximum atomic E-state index is 13.2. The molecular weight excluding hydrogens is 553 g/mol. The average Bonchev–Trinajstić information content (AvgIpc) is 3.44. The van der Waals surface area contributed by atoms with E-state index in [1.807, 2.05) is 36.4 Å². The summed E-state index contributed by atoms with van der Waals surface area (Å²) in [6.07, 6.45) is 6.05. The Labute approximate surface area is 244 Å². The Hall–Kier alpha value is -3.14. The molecule has 2 amide bonds. The van der Waals surface area contributed by atoms with E-state index in [1.165, 1.54) is 0 Å². The van der Waals surface area contributed by atoms with Crippen LogP contribution in [0, 0.1) is 0 Å². The van der Waals surface area contributed by atoms with Crippen molar-refractivity contribution in [3.05, 3.63) is 75.4 Å². The lowest BCUT2D eigenvalue weighted by molar-refractivity contribution is 0.0918. The number of Topliss-reactive ketones (excluding diaryl/α,β-unsaturated/α-hetero) is 1. The molecule has 0 aliphatic carbocycles. The molecule has 1 aliphatic rings. The zero-order valence-corrected chi connectivity index (χ0v) is 23.9. The van der Waals surface area contributed by atoms with Gasteiger partial charge in [-0.3, -0.25) is 4.79 Å². The van der Waals surface area contributed by atoms with Gasteiger partial charge >= 0.3 is 6.03 Å². The van der Waals surface area contributed by atoms with Crippen molar-refractivity contribution in [1.29, 1.82) is 0 Å². The molecule has 0 radical (unpaired) electrons. The summed E-state index contributed by atoms with van der Waals surface area (Å²) in [4.78, 5) is 32.1. The SMILES string of the molecule is NCCCC[C@H](NC(=O)N1CCCCC1)C(=O)c1noc(Cc2ccc(OCCc3ccc(Cl)c(Cl)c3)cc2)n1. The monoisotopic (exact) mass is 587 g/mol. The van der Waals surface area contributed by atoms with Gasteiger partial charge in [0.2, 0.25) is 17.5 Å². The number of halogens is 2. The number of ketones is 1. The van der Waals surface area contributed by atoms with Crippen LogP contribution in [0.2, 0.25) is 10.0 Å². The molecule has 1 aromatic heterocycles. The number of likely N-dealkylation sites (tertiary alicyclic amines) is 1. The van der Waals surface area contributed by atoms with Crippen molar-refractivity contribution in [3.8, 4) is 5.75 Å². The number of benzene rings is 2. The number of urea groups is 1. The first kappa shape index (κ1) is 29.8. The predicted molar refractivity (Wildman–Crippen MR) is 154 cm³/mol. The topological polar surface area (TPSA) is 124 Å². The molecule has 11 heteroatoms. The highest BCUT2D eigenvalue weighted by molar-refractivity contribution is 6.42. The van der Waals surface area contributed by atoms with Gasteiger partial charge in [-0.05, 0) is 80.5 Å². The maximum absolute atomic E-state index is 13.2. The van der Waals surface area contributed by atoms with Crippen LogP contribution in [0.3, 0.4) is 0 Å². The molecule has 0 bridgehead atoms. The Kier molecular flexibility index (Phi) is 11.2. The van der Waals surface area contributed by atoms with E-state index in [-0.39, 0.29) is 17.6 Å². The van der Waals surface area contributed by atoms with Crippen LogP contribution in [0.25, 0.3) is 0 Å². The lowest BCUT2D eigenvalue weighted by Gasteiger charge is -2.28. The van der Waals surface area contributed by atoms with E-state index in [2.05, 4.69) is 15.5 Å². The number of unbranched alkanes of at least 4 members (excludes halogenated alkanes) is 1. The van der Waals surface area contributed by atoms with E-state index in [0.717, 1.165) is 42.6 Å². The summed E-state index contributed by atoms with van der Waals surface area (Å²) < 4.78 is 11.2. The number of amides is 2. The minimum absolute atomic E-state index is 0.0334. The molecule has 4 rings (SSSR count). The van der Waals surface area contributed by atoms with Crippen LogP contribution >= 0.6 is 23.2 Å². The van der Waals surface area contributed by atoms with Crippen LogP contribution in [0.4, 0.5) is 4.79 Å². The molecule has 2 heterocycles. The summed E-state index contributed by atoms with van der Waals surface area (Å²) in [5, 5.41) is 7.86. The maximum Gasteiger partial charge on any atom is 0.317 e. The Morgan fingerprint density at radius 3 is 2.50 bits per heavy atom. The number of hydrogen-bond donors (Lipinski definition) is 2. The zero-order chi connectivity index (χ0) is 28.3. The molecule has 1 saturated heterocycles. The first-order valence-corrected chi connectivity index (χ1v) is 14.5. The summed E-state index contributed by atoms with van der Waals surface area (Å²) in [5.41, 5.74) is 7.60. The van der Waals surface area contributed by atoms with Gasteiger partial charge in [0.15, 0.2) is 0 Å². The third kappa shape index (κ3) is 8.68. The second-order valence-corrected chi connectivity index (χ2v) is 10.7. The Balaban J connectivity index is 1.30. The summed E-state index contributed by atoms with van der Waals surface area (Å²) in [6, 6.07) is 12.1. The molecule has 0 unspecified atom stereocenters. The standard InChI is InChI=1S/C29H35Cl2N5O4/c30-23-12-9-21(18-24(23)31)13-17-39-22-10-7-20(8-11-22)19-26-34-28(35-40-26)27(37)25(6-2-3-14-32)33-29(38)36-15-4-1-5-16-36/h7-12,18,25H,1-6,13-17,19,32H2,(H,33,38)/t25-/m0/s1. The smallest absolute Gasteiger partial charge is 0.317 e. The Morgan fingerprint density at radius 2 is 1.77 bits per heavy atom. The van der Waals surface area contributed by atoms with Gasteiger partial charge in [-0.2, -0.15) is 4.98 Å². The van der Waals surface area contributed by atoms with Crippen molar-refractivity contribution < 1.29 is 18.8 Å². The predicted octanol–water partition coefficient (Wildman–Crippen LogP) is 5.46. The largest absolute Gasteiger partial charge is 0.493 e. The number of ether oxygens (including phenoxy) is 1. The highest BCUT2D eigenvalue weighted by Gasteiger charge is 2.28. The lowest BCUT2D eigenvalue weighted by Crippen LogP contribution is -2.49. The number of piperidine rings is 1. The lowest BCUT2D eigenvalue weighted by atomic mass is 10.0. The molecule has 1 fully saturated rings. The van der Waals surface area contributed by atoms with Crippen LogP contribution in [0.15, 0.2) is 47.0 Å². The molecule has 0 saturated carbocycles. The van der Waals surface area contributed by atoms with Crippen molar-refractivity contribution in [1.82, 2.24) is 20.4 Å². The molecule has 2 aromatic carbocycles. The molecule has 40 heavy (non-hydrogen) atoms. The molecule has 3 N–H and O–H groups in total. The summed E-state index contributed by atoms with van der Waals surface area (Å²) >= 11 is 12.0. The van der Waals surface area contributed by atoms with Gasteiger partial charge < -0.3 is 25.2 Å². The van der Waals surface area contributed by atoms with E-state index in [0.29, 0.717) is 67.9 Å². The second-order valence-electron chi connectivity index (χ2n) is 9.88. The third-order valence-corrected chi connectivity index (χ3v) is 7.55. The number of nitrogens with two attached hydrogens (primary N) is 1. The minimum atomic E-state index is -0.730. The highest BCUT2D eigenvalue weighted by Crippen LogP contribution is 2.23. The van der Waals surface area contributed by atoms with E-state index >= 15 is 0 Å². The Bertz CT molecular complexity index is 1260. The van der Waals surface area contributed by atoms with Crippen molar-refractivity contribution in [2.45, 2.75) is 57.4 Å². The molecule has 0 spiro atoms. The number of nitrogens with zero attached hydrogens (tertiary/aromatic N) is 3. The van der Waals surface area contributed by atoms with E-state index in [1.54, 1.807) is 11.0 Å². The van der Waals surface area contributed by atoms with Crippen molar-refractivity contribution in [2.75, 3.05) is 26.2 Å². The fourth-order valence-electron chi connectivity index (χ4n) is 4.54. The molecule has 1 atom stereocenters. The van der Waals surface area contributed by atoms with Crippen molar-refractivity contribution in [2.24, 2.45) is 5.73 Å². The van der Waals surface area contributed by atoms with Gasteiger partial charge in [-0.15, -0.1) is 0 Å². The van der Waals surface area contributed by atoms with Crippen molar-refractivity contribution >= 4 is 35.0 Å². The van der Waals surface area contributed by atoms with Gasteiger partial charge in [0, 0.05) is 19.5 Å². The first-order chi connectivity index (χ1) is 19.4.